The minimum atomic E-state index is -0.186. The summed E-state index contributed by atoms with van der Waals surface area (Å²) in [4.78, 5) is 25.6. The van der Waals surface area contributed by atoms with E-state index >= 15 is 0 Å². The topological polar surface area (TPSA) is 70.0 Å². The van der Waals surface area contributed by atoms with Gasteiger partial charge in [-0.1, -0.05) is 48.5 Å². The molecule has 0 aliphatic carbocycles. The molecule has 1 fully saturated rings. The largest absolute Gasteiger partial charge is 0.343 e. The van der Waals surface area contributed by atoms with Gasteiger partial charge < -0.3 is 9.88 Å². The van der Waals surface area contributed by atoms with Gasteiger partial charge in [-0.05, 0) is 88.0 Å². The van der Waals surface area contributed by atoms with Gasteiger partial charge in [-0.25, -0.2) is 4.98 Å². The van der Waals surface area contributed by atoms with Crippen molar-refractivity contribution in [3.05, 3.63) is 84.2 Å². The molecule has 222 valence electrons. The summed E-state index contributed by atoms with van der Waals surface area (Å²) in [5.41, 5.74) is 9.58. The third kappa shape index (κ3) is 5.87. The number of aromatic nitrogens is 4. The van der Waals surface area contributed by atoms with Crippen LogP contribution in [0.4, 0.5) is 0 Å². The van der Waals surface area contributed by atoms with E-state index in [1.807, 2.05) is 36.5 Å². The Morgan fingerprint density at radius 3 is 2.30 bits per heavy atom. The molecule has 7 nitrogen and oxygen atoms in total. The first-order valence-corrected chi connectivity index (χ1v) is 15.7. The number of H-pyrrole nitrogens is 1. The van der Waals surface area contributed by atoms with Gasteiger partial charge in [-0.2, -0.15) is 5.10 Å². The van der Waals surface area contributed by atoms with Crippen LogP contribution in [0.15, 0.2) is 73.1 Å². The van der Waals surface area contributed by atoms with E-state index in [1.54, 1.807) is 0 Å². The van der Waals surface area contributed by atoms with E-state index in [0.29, 0.717) is 0 Å². The van der Waals surface area contributed by atoms with Crippen molar-refractivity contribution < 1.29 is 4.79 Å². The van der Waals surface area contributed by atoms with Crippen molar-refractivity contribution in [3.8, 4) is 33.6 Å². The SMILES string of the molecule is CCN(CC)C(=O)[C@H](C)c1ccc(-c2nn(CC)cc2-c2ccnc3[nH]c(-c4ccc(CN5CCCC5)cc4)cc23)cc1. The van der Waals surface area contributed by atoms with Crippen LogP contribution in [0.25, 0.3) is 44.7 Å². The fourth-order valence-corrected chi connectivity index (χ4v) is 6.28. The van der Waals surface area contributed by atoms with Crippen LogP contribution in [0, 0.1) is 0 Å². The van der Waals surface area contributed by atoms with Crippen molar-refractivity contribution in [2.75, 3.05) is 26.2 Å². The first-order valence-electron chi connectivity index (χ1n) is 15.7. The Labute approximate surface area is 254 Å². The van der Waals surface area contributed by atoms with Crippen molar-refractivity contribution in [2.24, 2.45) is 0 Å². The number of likely N-dealkylation sites (N-methyl/N-ethyl adjacent to an activating group) is 1. The number of hydrogen-bond donors (Lipinski definition) is 1. The zero-order valence-electron chi connectivity index (χ0n) is 25.8. The minimum absolute atomic E-state index is 0.164. The van der Waals surface area contributed by atoms with Crippen molar-refractivity contribution >= 4 is 16.9 Å². The molecular formula is C36H42N6O. The Kier molecular flexibility index (Phi) is 8.43. The minimum Gasteiger partial charge on any atom is -0.343 e. The molecule has 0 radical (unpaired) electrons. The highest BCUT2D eigenvalue weighted by Crippen LogP contribution is 2.37. The molecule has 1 amide bonds. The summed E-state index contributed by atoms with van der Waals surface area (Å²) in [5, 5.41) is 6.04. The molecule has 0 bridgehead atoms. The number of aryl methyl sites for hydroxylation is 1. The predicted octanol–water partition coefficient (Wildman–Crippen LogP) is 7.35. The van der Waals surface area contributed by atoms with Crippen LogP contribution in [0.2, 0.25) is 0 Å². The molecule has 5 aromatic rings. The van der Waals surface area contributed by atoms with Crippen LogP contribution >= 0.6 is 0 Å². The normalized spacial score (nSPS) is 14.4. The smallest absolute Gasteiger partial charge is 0.229 e. The number of nitrogens with zero attached hydrogens (tertiary/aromatic N) is 5. The highest BCUT2D eigenvalue weighted by atomic mass is 16.2. The quantitative estimate of drug-likeness (QED) is 0.189. The number of benzene rings is 2. The van der Waals surface area contributed by atoms with Gasteiger partial charge >= 0.3 is 0 Å². The number of aromatic amines is 1. The lowest BCUT2D eigenvalue weighted by Crippen LogP contribution is -2.33. The monoisotopic (exact) mass is 574 g/mol. The molecule has 1 atom stereocenters. The van der Waals surface area contributed by atoms with Crippen LogP contribution in [0.1, 0.15) is 57.6 Å². The molecule has 7 heteroatoms. The summed E-state index contributed by atoms with van der Waals surface area (Å²) in [7, 11) is 0. The summed E-state index contributed by atoms with van der Waals surface area (Å²) in [6.07, 6.45) is 6.62. The molecule has 2 aromatic carbocycles. The zero-order chi connectivity index (χ0) is 29.9. The second kappa shape index (κ2) is 12.6. The Bertz CT molecular complexity index is 1690. The first-order chi connectivity index (χ1) is 21.0. The molecule has 1 aliphatic rings. The molecule has 1 aliphatic heterocycles. The van der Waals surface area contributed by atoms with Crippen molar-refractivity contribution in [3.63, 3.8) is 0 Å². The number of pyridine rings is 1. The lowest BCUT2D eigenvalue weighted by Gasteiger charge is -2.23. The van der Waals surface area contributed by atoms with E-state index in [0.717, 1.165) is 76.4 Å². The second-order valence-electron chi connectivity index (χ2n) is 11.6. The van der Waals surface area contributed by atoms with E-state index in [9.17, 15) is 4.79 Å². The third-order valence-corrected chi connectivity index (χ3v) is 8.91. The lowest BCUT2D eigenvalue weighted by molar-refractivity contribution is -0.132. The summed E-state index contributed by atoms with van der Waals surface area (Å²) in [6, 6.07) is 21.5. The number of nitrogens with one attached hydrogen (secondary N) is 1. The molecular weight excluding hydrogens is 532 g/mol. The Balaban J connectivity index is 1.31. The molecule has 0 spiro atoms. The van der Waals surface area contributed by atoms with Gasteiger partial charge in [0.15, 0.2) is 0 Å². The average Bonchev–Trinajstić information content (AvgIpc) is 3.82. The number of amides is 1. The van der Waals surface area contributed by atoms with Crippen LogP contribution < -0.4 is 0 Å². The maximum Gasteiger partial charge on any atom is 0.229 e. The van der Waals surface area contributed by atoms with Gasteiger partial charge in [0.25, 0.3) is 0 Å². The third-order valence-electron chi connectivity index (χ3n) is 8.91. The van der Waals surface area contributed by atoms with Crippen LogP contribution in [-0.4, -0.2) is 61.6 Å². The maximum atomic E-state index is 13.0. The first kappa shape index (κ1) is 28.9. The molecule has 3 aromatic heterocycles. The summed E-state index contributed by atoms with van der Waals surface area (Å²) >= 11 is 0. The van der Waals surface area contributed by atoms with Crippen molar-refractivity contribution in [1.29, 1.82) is 0 Å². The fraction of sp³-hybridized carbons (Fsp3) is 0.361. The van der Waals surface area contributed by atoms with Crippen LogP contribution in [-0.2, 0) is 17.9 Å². The number of rotatable bonds is 10. The van der Waals surface area contributed by atoms with E-state index in [4.69, 9.17) is 5.10 Å². The number of carbonyl (C=O) groups is 1. The van der Waals surface area contributed by atoms with Crippen molar-refractivity contribution in [2.45, 2.75) is 59.5 Å². The van der Waals surface area contributed by atoms with Gasteiger partial charge in [0.1, 0.15) is 11.3 Å². The molecule has 1 N–H and O–H groups in total. The Hall–Kier alpha value is -4.23. The number of hydrogen-bond acceptors (Lipinski definition) is 4. The molecule has 43 heavy (non-hydrogen) atoms. The molecule has 0 saturated carbocycles. The average molecular weight is 575 g/mol. The van der Waals surface area contributed by atoms with Gasteiger partial charge in [0.2, 0.25) is 5.91 Å². The highest BCUT2D eigenvalue weighted by molar-refractivity contribution is 5.99. The molecule has 0 unspecified atom stereocenters. The summed E-state index contributed by atoms with van der Waals surface area (Å²) in [5.74, 6) is -0.0219. The van der Waals surface area contributed by atoms with E-state index < -0.39 is 0 Å². The number of carbonyl (C=O) groups excluding carboxylic acids is 1. The summed E-state index contributed by atoms with van der Waals surface area (Å²) < 4.78 is 1.99. The van der Waals surface area contributed by atoms with Gasteiger partial charge in [0.05, 0.1) is 5.92 Å². The van der Waals surface area contributed by atoms with E-state index in [1.165, 1.54) is 31.5 Å². The predicted molar refractivity (Wildman–Crippen MR) is 175 cm³/mol. The van der Waals surface area contributed by atoms with Gasteiger partial charge in [0, 0.05) is 60.8 Å². The number of likely N-dealkylation sites (tertiary alicyclic amines) is 1. The molecule has 1 saturated heterocycles. The summed E-state index contributed by atoms with van der Waals surface area (Å²) in [6.45, 7) is 13.8. The van der Waals surface area contributed by atoms with Gasteiger partial charge in [-0.3, -0.25) is 14.4 Å². The fourth-order valence-electron chi connectivity index (χ4n) is 6.28. The Morgan fingerprint density at radius 1 is 0.930 bits per heavy atom. The standard InChI is InChI=1S/C36H42N6O/c1-5-41(6-2)36(43)25(4)27-14-16-29(17-15-27)34-32(24-42(7-3)39-34)30-18-19-37-35-31(30)22-33(38-35)28-12-10-26(11-13-28)23-40-20-8-9-21-40/h10-19,22,24-25H,5-9,20-21,23H2,1-4H3,(H,37,38)/t25-/m1/s1. The molecule has 4 heterocycles. The zero-order valence-corrected chi connectivity index (χ0v) is 25.8. The highest BCUT2D eigenvalue weighted by Gasteiger charge is 2.21. The van der Waals surface area contributed by atoms with Crippen LogP contribution in [0.3, 0.4) is 0 Å². The maximum absolute atomic E-state index is 13.0. The number of fused-ring (bicyclic) bond motifs is 1. The van der Waals surface area contributed by atoms with E-state index in [2.05, 4.69) is 88.7 Å². The lowest BCUT2D eigenvalue weighted by atomic mass is 9.95. The van der Waals surface area contributed by atoms with Crippen molar-refractivity contribution in [1.82, 2.24) is 29.5 Å². The second-order valence-corrected chi connectivity index (χ2v) is 11.6. The van der Waals surface area contributed by atoms with Gasteiger partial charge in [-0.15, -0.1) is 0 Å². The molecule has 6 rings (SSSR count). The van der Waals surface area contributed by atoms with Crippen LogP contribution in [0.5, 0.6) is 0 Å². The Morgan fingerprint density at radius 2 is 1.63 bits per heavy atom. The van der Waals surface area contributed by atoms with E-state index in [-0.39, 0.29) is 11.8 Å².